The summed E-state index contributed by atoms with van der Waals surface area (Å²) in [6.07, 6.45) is 10.5. The van der Waals surface area contributed by atoms with Crippen molar-refractivity contribution in [3.63, 3.8) is 0 Å². The van der Waals surface area contributed by atoms with Crippen LogP contribution in [0.15, 0.2) is 47.5 Å². The number of carbonyl (C=O) groups excluding carboxylic acids is 1. The van der Waals surface area contributed by atoms with Gasteiger partial charge in [0.05, 0.1) is 17.9 Å². The maximum atomic E-state index is 13.0. The van der Waals surface area contributed by atoms with Crippen molar-refractivity contribution in [1.29, 1.82) is 0 Å². The number of rotatable bonds is 4. The summed E-state index contributed by atoms with van der Waals surface area (Å²) in [6.45, 7) is 6.60. The van der Waals surface area contributed by atoms with Crippen LogP contribution in [0.1, 0.15) is 30.4 Å². The average Bonchev–Trinajstić information content (AvgIpc) is 3.41. The number of likely N-dealkylation sites (tertiary alicyclic amines) is 2. The minimum absolute atomic E-state index is 0.0860. The van der Waals surface area contributed by atoms with Gasteiger partial charge in [-0.05, 0) is 50.0 Å². The lowest BCUT2D eigenvalue weighted by atomic mass is 9.60. The molecule has 1 atom stereocenters. The Hall–Kier alpha value is -2.18. The Morgan fingerprint density at radius 1 is 1.07 bits per heavy atom. The molecule has 0 aromatic carbocycles. The van der Waals surface area contributed by atoms with E-state index in [4.69, 9.17) is 4.42 Å². The number of carbonyl (C=O) groups is 1. The van der Waals surface area contributed by atoms with E-state index in [0.717, 1.165) is 65.1 Å². The largest absolute Gasteiger partial charge is 0.472 e. The van der Waals surface area contributed by atoms with Crippen LogP contribution in [0.4, 0.5) is 0 Å². The second kappa shape index (κ2) is 7.01. The fourth-order valence-corrected chi connectivity index (χ4v) is 5.79. The molecule has 1 N–H and O–H groups in total. The van der Waals surface area contributed by atoms with Gasteiger partial charge in [0.2, 0.25) is 5.91 Å². The number of nitrogens with one attached hydrogen (secondary N) is 1. The third-order valence-electron chi connectivity index (χ3n) is 7.24. The van der Waals surface area contributed by atoms with Crippen molar-refractivity contribution >= 4 is 5.91 Å². The molecule has 28 heavy (non-hydrogen) atoms. The molecular formula is C22H28N4O2. The maximum absolute atomic E-state index is 13.0. The predicted molar refractivity (Wildman–Crippen MR) is 105 cm³/mol. The Morgan fingerprint density at radius 2 is 1.93 bits per heavy atom. The second-order valence-corrected chi connectivity index (χ2v) is 8.78. The predicted octanol–water partition coefficient (Wildman–Crippen LogP) is 2.28. The van der Waals surface area contributed by atoms with E-state index in [-0.39, 0.29) is 16.7 Å². The minimum Gasteiger partial charge on any atom is -0.472 e. The van der Waals surface area contributed by atoms with Gasteiger partial charge in [0.1, 0.15) is 0 Å². The molecule has 1 amide bonds. The van der Waals surface area contributed by atoms with Crippen LogP contribution < -0.4 is 5.32 Å². The molecule has 5 rings (SSSR count). The van der Waals surface area contributed by atoms with Gasteiger partial charge in [-0.1, -0.05) is 6.07 Å². The normalized spacial score (nSPS) is 27.6. The molecule has 0 radical (unpaired) electrons. The molecule has 0 bridgehead atoms. The van der Waals surface area contributed by atoms with Crippen molar-refractivity contribution in [1.82, 2.24) is 20.1 Å². The summed E-state index contributed by atoms with van der Waals surface area (Å²) in [5.74, 6) is 0.282. The Bertz CT molecular complexity index is 814. The highest BCUT2D eigenvalue weighted by atomic mass is 16.3. The van der Waals surface area contributed by atoms with Gasteiger partial charge in [-0.15, -0.1) is 0 Å². The van der Waals surface area contributed by atoms with E-state index in [1.165, 1.54) is 11.1 Å². The number of pyridine rings is 1. The molecule has 148 valence electrons. The molecule has 3 fully saturated rings. The van der Waals surface area contributed by atoms with Gasteiger partial charge in [-0.25, -0.2) is 0 Å². The quantitative estimate of drug-likeness (QED) is 0.882. The van der Waals surface area contributed by atoms with Crippen molar-refractivity contribution < 1.29 is 9.21 Å². The van der Waals surface area contributed by atoms with Crippen LogP contribution in [0.25, 0.3) is 0 Å². The van der Waals surface area contributed by atoms with Gasteiger partial charge in [-0.3, -0.25) is 19.6 Å². The van der Waals surface area contributed by atoms with E-state index in [0.29, 0.717) is 0 Å². The lowest BCUT2D eigenvalue weighted by Gasteiger charge is -2.46. The maximum Gasteiger partial charge on any atom is 0.228 e. The van der Waals surface area contributed by atoms with Crippen molar-refractivity contribution in [3.8, 4) is 0 Å². The molecule has 6 nitrogen and oxygen atoms in total. The molecule has 3 aliphatic rings. The summed E-state index contributed by atoms with van der Waals surface area (Å²) in [4.78, 5) is 22.3. The third kappa shape index (κ3) is 2.95. The highest BCUT2D eigenvalue weighted by molar-refractivity contribution is 5.86. The molecular weight excluding hydrogens is 352 g/mol. The van der Waals surface area contributed by atoms with Crippen LogP contribution in [0, 0.1) is 10.8 Å². The van der Waals surface area contributed by atoms with Crippen molar-refractivity contribution in [2.24, 2.45) is 10.8 Å². The number of hydrogen-bond acceptors (Lipinski definition) is 5. The van der Waals surface area contributed by atoms with Gasteiger partial charge in [0.15, 0.2) is 0 Å². The van der Waals surface area contributed by atoms with Crippen LogP contribution >= 0.6 is 0 Å². The molecule has 0 aliphatic carbocycles. The van der Waals surface area contributed by atoms with E-state index < -0.39 is 0 Å². The lowest BCUT2D eigenvalue weighted by Crippen LogP contribution is -2.52. The molecule has 0 unspecified atom stereocenters. The molecule has 2 aromatic rings. The molecule has 6 heteroatoms. The molecule has 2 aromatic heterocycles. The van der Waals surface area contributed by atoms with Gasteiger partial charge in [-0.2, -0.15) is 0 Å². The molecule has 0 saturated carbocycles. The minimum atomic E-state index is -0.225. The fourth-order valence-electron chi connectivity index (χ4n) is 5.79. The first kappa shape index (κ1) is 17.9. The standard InChI is InChI=1S/C22H28N4O2/c27-20-22(4-8-24-20)17-26(13-18-2-1-7-23-12-18)16-21(22)5-9-25(10-6-21)14-19-3-11-28-15-19/h1-3,7,11-12,15H,4-6,8-10,13-14,16-17H2,(H,24,27)/t22-/m0/s1. The van der Waals surface area contributed by atoms with E-state index in [2.05, 4.69) is 26.2 Å². The smallest absolute Gasteiger partial charge is 0.228 e. The third-order valence-corrected chi connectivity index (χ3v) is 7.24. The second-order valence-electron chi connectivity index (χ2n) is 8.78. The van der Waals surface area contributed by atoms with E-state index in [1.807, 2.05) is 30.8 Å². The van der Waals surface area contributed by atoms with Crippen LogP contribution in [0.5, 0.6) is 0 Å². The number of nitrogens with zero attached hydrogens (tertiary/aromatic N) is 3. The summed E-state index contributed by atoms with van der Waals surface area (Å²) in [6, 6.07) is 6.17. The van der Waals surface area contributed by atoms with Gasteiger partial charge in [0.25, 0.3) is 0 Å². The zero-order valence-corrected chi connectivity index (χ0v) is 16.3. The highest BCUT2D eigenvalue weighted by Gasteiger charge is 2.63. The van der Waals surface area contributed by atoms with Crippen LogP contribution in [-0.4, -0.2) is 53.4 Å². The highest BCUT2D eigenvalue weighted by Crippen LogP contribution is 2.56. The Balaban J connectivity index is 1.34. The summed E-state index contributed by atoms with van der Waals surface area (Å²) >= 11 is 0. The number of aromatic nitrogens is 1. The van der Waals surface area contributed by atoms with E-state index in [9.17, 15) is 4.79 Å². The first-order chi connectivity index (χ1) is 13.7. The Labute approximate surface area is 165 Å². The zero-order valence-electron chi connectivity index (χ0n) is 16.3. The van der Waals surface area contributed by atoms with Gasteiger partial charge in [0, 0.05) is 56.1 Å². The SMILES string of the molecule is O=C1NCC[C@]12CN(Cc1cccnc1)CC21CCN(Cc2ccoc2)CC1. The first-order valence-corrected chi connectivity index (χ1v) is 10.3. The number of piperidine rings is 1. The topological polar surface area (TPSA) is 61.6 Å². The Morgan fingerprint density at radius 3 is 2.61 bits per heavy atom. The van der Waals surface area contributed by atoms with Gasteiger partial charge < -0.3 is 9.73 Å². The average molecular weight is 380 g/mol. The summed E-state index contributed by atoms with van der Waals surface area (Å²) < 4.78 is 5.22. The van der Waals surface area contributed by atoms with Crippen molar-refractivity contribution in [2.75, 3.05) is 32.7 Å². The number of hydrogen-bond donors (Lipinski definition) is 1. The van der Waals surface area contributed by atoms with E-state index in [1.54, 1.807) is 6.26 Å². The summed E-state index contributed by atoms with van der Waals surface area (Å²) in [5, 5.41) is 3.15. The lowest BCUT2D eigenvalue weighted by molar-refractivity contribution is -0.134. The fraction of sp³-hybridized carbons (Fsp3) is 0.545. The zero-order chi connectivity index (χ0) is 19.0. The molecule has 3 saturated heterocycles. The van der Waals surface area contributed by atoms with Gasteiger partial charge >= 0.3 is 0 Å². The van der Waals surface area contributed by atoms with Crippen molar-refractivity contribution in [2.45, 2.75) is 32.4 Å². The van der Waals surface area contributed by atoms with Crippen LogP contribution in [0.2, 0.25) is 0 Å². The first-order valence-electron chi connectivity index (χ1n) is 10.3. The number of furan rings is 1. The molecule has 5 heterocycles. The number of fused-ring (bicyclic) bond motifs is 1. The van der Waals surface area contributed by atoms with Crippen LogP contribution in [0.3, 0.4) is 0 Å². The monoisotopic (exact) mass is 380 g/mol. The van der Waals surface area contributed by atoms with Crippen LogP contribution in [-0.2, 0) is 17.9 Å². The van der Waals surface area contributed by atoms with Crippen molar-refractivity contribution in [3.05, 3.63) is 54.2 Å². The molecule has 3 aliphatic heterocycles. The summed E-state index contributed by atoms with van der Waals surface area (Å²) in [7, 11) is 0. The molecule has 2 spiro atoms. The summed E-state index contributed by atoms with van der Waals surface area (Å²) in [5.41, 5.74) is 2.32. The Kier molecular flexibility index (Phi) is 4.48. The van der Waals surface area contributed by atoms with E-state index >= 15 is 0 Å². The number of amides is 1.